The fourth-order valence-electron chi connectivity index (χ4n) is 1.51. The van der Waals surface area contributed by atoms with Gasteiger partial charge in [-0.05, 0) is 6.42 Å². The highest BCUT2D eigenvalue weighted by atomic mass is 35.5. The van der Waals surface area contributed by atoms with Gasteiger partial charge in [0, 0.05) is 23.2 Å². The van der Waals surface area contributed by atoms with Crippen LogP contribution in [0.1, 0.15) is 11.4 Å². The predicted molar refractivity (Wildman–Crippen MR) is 75.7 cm³/mol. The molecule has 2 aromatic rings. The van der Waals surface area contributed by atoms with Crippen molar-refractivity contribution in [2.24, 2.45) is 0 Å². The van der Waals surface area contributed by atoms with E-state index in [1.54, 1.807) is 11.3 Å². The van der Waals surface area contributed by atoms with E-state index in [0.717, 1.165) is 23.5 Å². The summed E-state index contributed by atoms with van der Waals surface area (Å²) in [6, 6.07) is 10.3. The fraction of sp³-hybridized carbons (Fsp3) is 0.214. The normalized spacial score (nSPS) is 11.1. The number of allylic oxidation sites excluding steroid dienone is 2. The van der Waals surface area contributed by atoms with Crippen LogP contribution >= 0.6 is 22.9 Å². The first-order valence-corrected chi connectivity index (χ1v) is 7.02. The zero-order valence-electron chi connectivity index (χ0n) is 9.47. The highest BCUT2D eigenvalue weighted by Gasteiger charge is 2.02. The molecule has 0 saturated heterocycles. The molecule has 0 fully saturated rings. The van der Waals surface area contributed by atoms with Crippen molar-refractivity contribution < 1.29 is 0 Å². The van der Waals surface area contributed by atoms with Crippen molar-refractivity contribution in [3.05, 3.63) is 52.9 Å². The Morgan fingerprint density at radius 2 is 2.00 bits per heavy atom. The Bertz CT molecular complexity index is 476. The maximum atomic E-state index is 5.60. The Morgan fingerprint density at radius 1 is 1.18 bits per heavy atom. The Kier molecular flexibility index (Phi) is 4.77. The number of aromatic nitrogens is 1. The first-order valence-electron chi connectivity index (χ1n) is 5.61. The summed E-state index contributed by atoms with van der Waals surface area (Å²) in [4.78, 5) is 4.61. The summed E-state index contributed by atoms with van der Waals surface area (Å²) in [5, 5.41) is 3.26. The van der Waals surface area contributed by atoms with Gasteiger partial charge in [-0.1, -0.05) is 42.5 Å². The average Bonchev–Trinajstić information content (AvgIpc) is 2.85. The average molecular weight is 264 g/mol. The number of thiazole rings is 1. The number of hydrogen-bond acceptors (Lipinski definition) is 2. The minimum atomic E-state index is 0.684. The largest absolute Gasteiger partial charge is 0.241 e. The number of rotatable bonds is 5. The standard InChI is InChI=1S/C14H14ClNS/c15-10-6-2-5-9-14-16-13(11-17-14)12-7-3-1-4-8-12/h1-5,7-8,11H,6,9-10H2. The van der Waals surface area contributed by atoms with Crippen LogP contribution in [0.15, 0.2) is 47.9 Å². The second-order valence-corrected chi connectivity index (χ2v) is 4.97. The molecular formula is C14H14ClNS. The third-order valence-corrected chi connectivity index (χ3v) is 3.45. The van der Waals surface area contributed by atoms with Crippen molar-refractivity contribution in [1.82, 2.24) is 4.98 Å². The number of nitrogens with zero attached hydrogens (tertiary/aromatic N) is 1. The summed E-state index contributed by atoms with van der Waals surface area (Å²) in [6.07, 6.45) is 6.07. The predicted octanol–water partition coefficient (Wildman–Crippen LogP) is 4.54. The quantitative estimate of drug-likeness (QED) is 0.570. The summed E-state index contributed by atoms with van der Waals surface area (Å²) in [7, 11) is 0. The van der Waals surface area contributed by atoms with Gasteiger partial charge in [0.15, 0.2) is 0 Å². The molecule has 0 aliphatic heterocycles. The van der Waals surface area contributed by atoms with Gasteiger partial charge in [-0.3, -0.25) is 0 Å². The third-order valence-electron chi connectivity index (χ3n) is 2.36. The third kappa shape index (κ3) is 3.69. The van der Waals surface area contributed by atoms with Crippen LogP contribution in [0.4, 0.5) is 0 Å². The lowest BCUT2D eigenvalue weighted by molar-refractivity contribution is 1.15. The Hall–Kier alpha value is -1.12. The minimum Gasteiger partial charge on any atom is -0.241 e. The zero-order chi connectivity index (χ0) is 11.9. The van der Waals surface area contributed by atoms with E-state index in [1.807, 2.05) is 18.2 Å². The number of alkyl halides is 1. The lowest BCUT2D eigenvalue weighted by Crippen LogP contribution is -1.81. The minimum absolute atomic E-state index is 0.684. The molecule has 0 atom stereocenters. The van der Waals surface area contributed by atoms with Gasteiger partial charge >= 0.3 is 0 Å². The van der Waals surface area contributed by atoms with Crippen LogP contribution in [0.2, 0.25) is 0 Å². The van der Waals surface area contributed by atoms with Crippen molar-refractivity contribution in [1.29, 1.82) is 0 Å². The van der Waals surface area contributed by atoms with E-state index in [4.69, 9.17) is 11.6 Å². The maximum Gasteiger partial charge on any atom is 0.0970 e. The van der Waals surface area contributed by atoms with E-state index < -0.39 is 0 Å². The second kappa shape index (κ2) is 6.58. The summed E-state index contributed by atoms with van der Waals surface area (Å²) in [6.45, 7) is 0. The summed E-state index contributed by atoms with van der Waals surface area (Å²) in [5.74, 6) is 0.684. The zero-order valence-corrected chi connectivity index (χ0v) is 11.0. The van der Waals surface area contributed by atoms with Crippen molar-refractivity contribution in [3.8, 4) is 11.3 Å². The smallest absolute Gasteiger partial charge is 0.0970 e. The van der Waals surface area contributed by atoms with Gasteiger partial charge in [0.05, 0.1) is 10.7 Å². The van der Waals surface area contributed by atoms with E-state index in [-0.39, 0.29) is 0 Å². The molecule has 0 unspecified atom stereocenters. The van der Waals surface area contributed by atoms with Gasteiger partial charge in [-0.2, -0.15) is 0 Å². The molecule has 0 saturated carbocycles. The molecule has 0 amide bonds. The van der Waals surface area contributed by atoms with Gasteiger partial charge in [0.25, 0.3) is 0 Å². The molecule has 0 bridgehead atoms. The van der Waals surface area contributed by atoms with Crippen LogP contribution in [-0.4, -0.2) is 10.9 Å². The van der Waals surface area contributed by atoms with E-state index in [1.165, 1.54) is 5.56 Å². The fourth-order valence-corrected chi connectivity index (χ4v) is 2.42. The molecule has 2 rings (SSSR count). The van der Waals surface area contributed by atoms with Gasteiger partial charge in [-0.25, -0.2) is 4.98 Å². The van der Waals surface area contributed by atoms with Crippen LogP contribution in [0.5, 0.6) is 0 Å². The molecule has 1 aromatic heterocycles. The SMILES string of the molecule is ClCCC=CCc1nc(-c2ccccc2)cs1. The molecule has 0 radical (unpaired) electrons. The topological polar surface area (TPSA) is 12.9 Å². The van der Waals surface area contributed by atoms with Gasteiger partial charge < -0.3 is 0 Å². The first kappa shape index (κ1) is 12.3. The van der Waals surface area contributed by atoms with Crippen molar-refractivity contribution in [3.63, 3.8) is 0 Å². The van der Waals surface area contributed by atoms with Crippen LogP contribution in [0.3, 0.4) is 0 Å². The Labute approximate surface area is 111 Å². The summed E-state index contributed by atoms with van der Waals surface area (Å²) in [5.41, 5.74) is 2.25. The number of benzene rings is 1. The van der Waals surface area contributed by atoms with E-state index in [0.29, 0.717) is 5.88 Å². The molecule has 1 nitrogen and oxygen atoms in total. The van der Waals surface area contributed by atoms with Crippen molar-refractivity contribution in [2.75, 3.05) is 5.88 Å². The summed E-state index contributed by atoms with van der Waals surface area (Å²) < 4.78 is 0. The number of halogens is 1. The monoisotopic (exact) mass is 263 g/mol. The molecule has 88 valence electrons. The van der Waals surface area contributed by atoms with Crippen LogP contribution in [0.25, 0.3) is 11.3 Å². The molecule has 0 spiro atoms. The molecule has 0 aliphatic rings. The van der Waals surface area contributed by atoms with Gasteiger partial charge in [0.1, 0.15) is 0 Å². The van der Waals surface area contributed by atoms with E-state index >= 15 is 0 Å². The van der Waals surface area contributed by atoms with Crippen molar-refractivity contribution >= 4 is 22.9 Å². The Balaban J connectivity index is 2.01. The highest BCUT2D eigenvalue weighted by Crippen LogP contribution is 2.21. The Morgan fingerprint density at radius 3 is 2.76 bits per heavy atom. The van der Waals surface area contributed by atoms with Gasteiger partial charge in [0.2, 0.25) is 0 Å². The van der Waals surface area contributed by atoms with Crippen molar-refractivity contribution in [2.45, 2.75) is 12.8 Å². The molecule has 17 heavy (non-hydrogen) atoms. The molecular weight excluding hydrogens is 250 g/mol. The molecule has 1 aromatic carbocycles. The lowest BCUT2D eigenvalue weighted by atomic mass is 10.2. The van der Waals surface area contributed by atoms with Crippen LogP contribution in [0, 0.1) is 0 Å². The van der Waals surface area contributed by atoms with E-state index in [2.05, 4.69) is 34.6 Å². The lowest BCUT2D eigenvalue weighted by Gasteiger charge is -1.93. The molecule has 0 aliphatic carbocycles. The van der Waals surface area contributed by atoms with Crippen LogP contribution < -0.4 is 0 Å². The maximum absolute atomic E-state index is 5.60. The number of hydrogen-bond donors (Lipinski definition) is 0. The highest BCUT2D eigenvalue weighted by molar-refractivity contribution is 7.10. The summed E-state index contributed by atoms with van der Waals surface area (Å²) >= 11 is 7.31. The first-order chi connectivity index (χ1) is 8.40. The molecule has 3 heteroatoms. The molecule has 1 heterocycles. The van der Waals surface area contributed by atoms with Crippen LogP contribution in [-0.2, 0) is 6.42 Å². The van der Waals surface area contributed by atoms with E-state index in [9.17, 15) is 0 Å². The molecule has 0 N–H and O–H groups in total. The second-order valence-electron chi connectivity index (χ2n) is 3.65. The van der Waals surface area contributed by atoms with Gasteiger partial charge in [-0.15, -0.1) is 22.9 Å².